The number of benzene rings is 1. The minimum atomic E-state index is -0.529. The van der Waals surface area contributed by atoms with Crippen LogP contribution in [-0.4, -0.2) is 55.5 Å². The Hall–Kier alpha value is -1.43. The van der Waals surface area contributed by atoms with E-state index >= 15 is 0 Å². The quantitative estimate of drug-likeness (QED) is 0.796. The molecule has 2 aliphatic rings. The summed E-state index contributed by atoms with van der Waals surface area (Å²) in [6, 6.07) is 5.13. The minimum Gasteiger partial charge on any atom is -0.374 e. The van der Waals surface area contributed by atoms with Crippen molar-refractivity contribution in [2.24, 2.45) is 0 Å². The number of fused-ring (bicyclic) bond motifs is 1. The lowest BCUT2D eigenvalue weighted by atomic mass is 10.1. The second kappa shape index (κ2) is 5.75. The van der Waals surface area contributed by atoms with Gasteiger partial charge in [-0.15, -0.1) is 0 Å². The third kappa shape index (κ3) is 2.57. The maximum Gasteiger partial charge on any atom is 0.299 e. The average molecular weight is 309 g/mol. The van der Waals surface area contributed by atoms with Gasteiger partial charge in [-0.25, -0.2) is 0 Å². The molecule has 1 aromatic rings. The fourth-order valence-corrected chi connectivity index (χ4v) is 3.12. The molecule has 0 aromatic heterocycles. The maximum absolute atomic E-state index is 12.2. The lowest BCUT2D eigenvalue weighted by Crippen LogP contribution is -2.48. The molecule has 3 rings (SSSR count). The first-order valence-electron chi connectivity index (χ1n) is 7.10. The first-order valence-corrected chi connectivity index (χ1v) is 7.48. The van der Waals surface area contributed by atoms with Crippen molar-refractivity contribution in [2.45, 2.75) is 13.0 Å². The summed E-state index contributed by atoms with van der Waals surface area (Å²) in [6.07, 6.45) is -0.0830. The van der Waals surface area contributed by atoms with E-state index in [0.717, 1.165) is 19.6 Å². The number of amides is 1. The minimum absolute atomic E-state index is 0.0830. The van der Waals surface area contributed by atoms with Gasteiger partial charge in [-0.3, -0.25) is 14.5 Å². The van der Waals surface area contributed by atoms with E-state index in [9.17, 15) is 9.59 Å². The molecule has 0 aliphatic carbocycles. The number of nitrogens with zero attached hydrogens (tertiary/aromatic N) is 2. The molecule has 1 unspecified atom stereocenters. The molecule has 6 heteroatoms. The van der Waals surface area contributed by atoms with E-state index in [1.807, 2.05) is 0 Å². The lowest BCUT2D eigenvalue weighted by Gasteiger charge is -2.34. The van der Waals surface area contributed by atoms with Crippen molar-refractivity contribution < 1.29 is 14.3 Å². The summed E-state index contributed by atoms with van der Waals surface area (Å²) in [5.74, 6) is -1.05. The van der Waals surface area contributed by atoms with Crippen molar-refractivity contribution in [3.8, 4) is 0 Å². The molecule has 112 valence electrons. The Labute approximate surface area is 128 Å². The van der Waals surface area contributed by atoms with E-state index in [4.69, 9.17) is 16.3 Å². The molecule has 1 fully saturated rings. The van der Waals surface area contributed by atoms with Gasteiger partial charge in [0.2, 0.25) is 0 Å². The predicted molar refractivity (Wildman–Crippen MR) is 80.0 cm³/mol. The van der Waals surface area contributed by atoms with Crippen LogP contribution in [0.4, 0.5) is 5.69 Å². The van der Waals surface area contributed by atoms with Crippen LogP contribution in [0.2, 0.25) is 5.02 Å². The predicted octanol–water partition coefficient (Wildman–Crippen LogP) is 1.59. The number of carbonyl (C=O) groups excluding carboxylic acids is 2. The van der Waals surface area contributed by atoms with Gasteiger partial charge in [-0.05, 0) is 18.7 Å². The van der Waals surface area contributed by atoms with Crippen LogP contribution < -0.4 is 4.90 Å². The highest BCUT2D eigenvalue weighted by molar-refractivity contribution is 6.55. The van der Waals surface area contributed by atoms with Gasteiger partial charge in [0.25, 0.3) is 11.7 Å². The van der Waals surface area contributed by atoms with Crippen LogP contribution in [0.15, 0.2) is 18.2 Å². The van der Waals surface area contributed by atoms with E-state index < -0.39 is 11.7 Å². The smallest absolute Gasteiger partial charge is 0.299 e. The van der Waals surface area contributed by atoms with Gasteiger partial charge >= 0.3 is 0 Å². The number of ether oxygens (including phenoxy) is 1. The summed E-state index contributed by atoms with van der Waals surface area (Å²) < 4.78 is 5.72. The number of ketones is 1. The Balaban J connectivity index is 1.82. The first-order chi connectivity index (χ1) is 10.1. The molecular weight excluding hydrogens is 292 g/mol. The molecule has 0 radical (unpaired) electrons. The normalized spacial score (nSPS) is 22.8. The standard InChI is InChI=1S/C15H17ClN2O3/c1-2-17-6-7-21-10(8-17)9-18-12-5-3-4-11(16)13(12)14(19)15(18)20/h3-5,10H,2,6-9H2,1H3. The second-order valence-corrected chi connectivity index (χ2v) is 5.67. The molecular formula is C15H17ClN2O3. The van der Waals surface area contributed by atoms with Crippen LogP contribution in [0, 0.1) is 0 Å². The third-order valence-corrected chi connectivity index (χ3v) is 4.32. The zero-order chi connectivity index (χ0) is 15.0. The molecule has 1 amide bonds. The molecule has 0 bridgehead atoms. The molecule has 5 nitrogen and oxygen atoms in total. The number of carbonyl (C=O) groups is 2. The highest BCUT2D eigenvalue weighted by Gasteiger charge is 2.39. The highest BCUT2D eigenvalue weighted by Crippen LogP contribution is 2.34. The molecule has 1 aromatic carbocycles. The average Bonchev–Trinajstić information content (AvgIpc) is 2.74. The number of morpholine rings is 1. The summed E-state index contributed by atoms with van der Waals surface area (Å²) in [5, 5.41) is 0.327. The maximum atomic E-state index is 12.2. The summed E-state index contributed by atoms with van der Waals surface area (Å²) in [7, 11) is 0. The number of likely N-dealkylation sites (N-methyl/N-ethyl adjacent to an activating group) is 1. The van der Waals surface area contributed by atoms with Gasteiger partial charge in [0.15, 0.2) is 0 Å². The zero-order valence-electron chi connectivity index (χ0n) is 11.8. The van der Waals surface area contributed by atoms with Gasteiger partial charge in [-0.1, -0.05) is 24.6 Å². The number of Topliss-reactive ketones (excluding diaryl/α,β-unsaturated/α-hetero) is 1. The van der Waals surface area contributed by atoms with Crippen LogP contribution in [0.3, 0.4) is 0 Å². The van der Waals surface area contributed by atoms with Gasteiger partial charge in [0, 0.05) is 13.1 Å². The number of hydrogen-bond donors (Lipinski definition) is 0. The monoisotopic (exact) mass is 308 g/mol. The van der Waals surface area contributed by atoms with Crippen LogP contribution >= 0.6 is 11.6 Å². The molecule has 0 N–H and O–H groups in total. The molecule has 2 aliphatic heterocycles. The number of rotatable bonds is 3. The van der Waals surface area contributed by atoms with Crippen LogP contribution in [0.25, 0.3) is 0 Å². The second-order valence-electron chi connectivity index (χ2n) is 5.26. The van der Waals surface area contributed by atoms with E-state index in [0.29, 0.717) is 29.4 Å². The zero-order valence-corrected chi connectivity index (χ0v) is 12.6. The molecule has 2 heterocycles. The Kier molecular flexibility index (Phi) is 3.97. The van der Waals surface area contributed by atoms with Gasteiger partial charge in [-0.2, -0.15) is 0 Å². The fourth-order valence-electron chi connectivity index (χ4n) is 2.86. The Morgan fingerprint density at radius 3 is 2.95 bits per heavy atom. The highest BCUT2D eigenvalue weighted by atomic mass is 35.5. The van der Waals surface area contributed by atoms with Crippen molar-refractivity contribution in [3.63, 3.8) is 0 Å². The third-order valence-electron chi connectivity index (χ3n) is 4.01. The van der Waals surface area contributed by atoms with Crippen LogP contribution in [0.5, 0.6) is 0 Å². The van der Waals surface area contributed by atoms with Gasteiger partial charge in [0.05, 0.1) is 35.5 Å². The van der Waals surface area contributed by atoms with E-state index in [1.165, 1.54) is 4.90 Å². The Morgan fingerprint density at radius 1 is 1.38 bits per heavy atom. The Morgan fingerprint density at radius 2 is 2.19 bits per heavy atom. The molecule has 1 atom stereocenters. The van der Waals surface area contributed by atoms with Crippen molar-refractivity contribution in [1.82, 2.24) is 4.90 Å². The molecule has 21 heavy (non-hydrogen) atoms. The SMILES string of the molecule is CCN1CCOC(CN2C(=O)C(=O)c3c(Cl)cccc32)C1. The van der Waals surface area contributed by atoms with Gasteiger partial charge < -0.3 is 9.64 Å². The van der Waals surface area contributed by atoms with E-state index in [2.05, 4.69) is 11.8 Å². The Bertz CT molecular complexity index is 590. The fraction of sp³-hybridized carbons (Fsp3) is 0.467. The summed E-state index contributed by atoms with van der Waals surface area (Å²) in [5.41, 5.74) is 0.905. The van der Waals surface area contributed by atoms with Gasteiger partial charge in [0.1, 0.15) is 0 Å². The van der Waals surface area contributed by atoms with E-state index in [1.54, 1.807) is 18.2 Å². The summed E-state index contributed by atoms with van der Waals surface area (Å²) in [4.78, 5) is 28.0. The first kappa shape index (κ1) is 14.5. The van der Waals surface area contributed by atoms with Crippen molar-refractivity contribution >= 4 is 29.0 Å². The number of hydrogen-bond acceptors (Lipinski definition) is 4. The number of anilines is 1. The van der Waals surface area contributed by atoms with Crippen LogP contribution in [0.1, 0.15) is 17.3 Å². The van der Waals surface area contributed by atoms with Crippen LogP contribution in [-0.2, 0) is 9.53 Å². The number of halogens is 1. The molecule has 0 spiro atoms. The lowest BCUT2D eigenvalue weighted by molar-refractivity contribution is -0.115. The molecule has 0 saturated carbocycles. The van der Waals surface area contributed by atoms with E-state index in [-0.39, 0.29) is 6.10 Å². The molecule has 1 saturated heterocycles. The topological polar surface area (TPSA) is 49.9 Å². The van der Waals surface area contributed by atoms with Crippen molar-refractivity contribution in [1.29, 1.82) is 0 Å². The summed E-state index contributed by atoms with van der Waals surface area (Å²) in [6.45, 7) is 5.76. The largest absolute Gasteiger partial charge is 0.374 e. The summed E-state index contributed by atoms with van der Waals surface area (Å²) >= 11 is 6.04. The van der Waals surface area contributed by atoms with Crippen molar-refractivity contribution in [3.05, 3.63) is 28.8 Å². The van der Waals surface area contributed by atoms with Crippen molar-refractivity contribution in [2.75, 3.05) is 37.7 Å².